The van der Waals surface area contributed by atoms with E-state index < -0.39 is 21.9 Å². The van der Waals surface area contributed by atoms with Gasteiger partial charge < -0.3 is 20.0 Å². The van der Waals surface area contributed by atoms with Crippen molar-refractivity contribution in [2.24, 2.45) is 0 Å². The molecule has 0 unspecified atom stereocenters. The number of hydrogen-bond acceptors (Lipinski definition) is 6. The minimum Gasteiger partial charge on any atom is -0.545 e. The van der Waals surface area contributed by atoms with E-state index in [0.717, 1.165) is 6.07 Å². The molecule has 11 heteroatoms. The van der Waals surface area contributed by atoms with E-state index in [1.807, 2.05) is 0 Å². The summed E-state index contributed by atoms with van der Waals surface area (Å²) in [5.41, 5.74) is -0.0670. The average Bonchev–Trinajstić information content (AvgIpc) is 2.68. The van der Waals surface area contributed by atoms with Crippen molar-refractivity contribution >= 4 is 50.8 Å². The van der Waals surface area contributed by atoms with Crippen molar-refractivity contribution in [3.8, 4) is 0 Å². The molecule has 0 saturated carbocycles. The lowest BCUT2D eigenvalue weighted by Crippen LogP contribution is -2.40. The number of carbonyl (C=O) groups is 2. The second-order valence-electron chi connectivity index (χ2n) is 6.10. The summed E-state index contributed by atoms with van der Waals surface area (Å²) in [7, 11) is -3.96. The number of nitrogens with zero attached hydrogens (tertiary/aromatic N) is 1. The van der Waals surface area contributed by atoms with Crippen LogP contribution < -0.4 is 10.4 Å². The fourth-order valence-corrected chi connectivity index (χ4v) is 4.99. The lowest BCUT2D eigenvalue weighted by atomic mass is 10.1. The number of carboxylic acid groups (broad SMARTS) is 1. The van der Waals surface area contributed by atoms with Crippen molar-refractivity contribution < 1.29 is 27.9 Å². The topological polar surface area (TPSA) is 116 Å². The highest BCUT2D eigenvalue weighted by Gasteiger charge is 2.30. The largest absolute Gasteiger partial charge is 0.545 e. The molecule has 8 nitrogen and oxygen atoms in total. The minimum absolute atomic E-state index is 0.0514. The van der Waals surface area contributed by atoms with Crippen LogP contribution in [0.25, 0.3) is 0 Å². The maximum absolute atomic E-state index is 12.9. The Morgan fingerprint density at radius 2 is 1.76 bits per heavy atom. The summed E-state index contributed by atoms with van der Waals surface area (Å²) < 4.78 is 32.2. The summed E-state index contributed by atoms with van der Waals surface area (Å²) in [6, 6.07) is 7.71. The van der Waals surface area contributed by atoms with E-state index >= 15 is 0 Å². The molecule has 0 spiro atoms. The normalized spacial score (nSPS) is 15.1. The van der Waals surface area contributed by atoms with Crippen LogP contribution in [0, 0.1) is 0 Å². The first kappa shape index (κ1) is 21.5. The summed E-state index contributed by atoms with van der Waals surface area (Å²) in [4.78, 5) is 23.4. The summed E-state index contributed by atoms with van der Waals surface area (Å²) in [6.45, 7) is 0.844. The third kappa shape index (κ3) is 4.71. The second kappa shape index (κ2) is 8.68. The molecule has 1 amide bonds. The molecule has 1 aliphatic rings. The van der Waals surface area contributed by atoms with Gasteiger partial charge in [-0.2, -0.15) is 4.31 Å². The van der Waals surface area contributed by atoms with Crippen molar-refractivity contribution in [3.05, 3.63) is 57.6 Å². The zero-order chi connectivity index (χ0) is 21.2. The number of hydrogen-bond donors (Lipinski definition) is 1. The number of sulfonamides is 1. The third-order valence-corrected chi connectivity index (χ3v) is 6.89. The number of nitrogens with one attached hydrogen (secondary N) is 1. The first-order valence-corrected chi connectivity index (χ1v) is 10.6. The van der Waals surface area contributed by atoms with Crippen molar-refractivity contribution in [1.82, 2.24) is 4.31 Å². The molecule has 1 aliphatic heterocycles. The number of morpholine rings is 1. The van der Waals surface area contributed by atoms with Crippen LogP contribution in [0.5, 0.6) is 0 Å². The molecule has 0 radical (unpaired) electrons. The Morgan fingerprint density at radius 3 is 2.41 bits per heavy atom. The van der Waals surface area contributed by atoms with Crippen LogP contribution in [0.15, 0.2) is 41.3 Å². The Kier molecular flexibility index (Phi) is 6.45. The second-order valence-corrected chi connectivity index (χ2v) is 8.82. The van der Waals surface area contributed by atoms with Crippen molar-refractivity contribution in [1.29, 1.82) is 0 Å². The van der Waals surface area contributed by atoms with Crippen LogP contribution in [0.1, 0.15) is 20.7 Å². The Bertz CT molecular complexity index is 1070. The molecule has 3 rings (SSSR count). The predicted molar refractivity (Wildman–Crippen MR) is 105 cm³/mol. The summed E-state index contributed by atoms with van der Waals surface area (Å²) in [5, 5.41) is 13.3. The summed E-state index contributed by atoms with van der Waals surface area (Å²) in [5.74, 6) is -2.12. The molecule has 29 heavy (non-hydrogen) atoms. The van der Waals surface area contributed by atoms with Gasteiger partial charge in [-0.1, -0.05) is 35.3 Å². The fourth-order valence-electron chi connectivity index (χ4n) is 2.75. The number of amides is 1. The van der Waals surface area contributed by atoms with Gasteiger partial charge in [0.25, 0.3) is 5.91 Å². The maximum Gasteiger partial charge on any atom is 0.257 e. The number of benzene rings is 2. The molecule has 0 bridgehead atoms. The van der Waals surface area contributed by atoms with Crippen LogP contribution in [0.3, 0.4) is 0 Å². The fraction of sp³-hybridized carbons (Fsp3) is 0.222. The number of ether oxygens (including phenoxy) is 1. The van der Waals surface area contributed by atoms with E-state index in [2.05, 4.69) is 5.32 Å². The van der Waals surface area contributed by atoms with Gasteiger partial charge in [-0.25, -0.2) is 8.42 Å². The first-order valence-electron chi connectivity index (χ1n) is 8.40. The van der Waals surface area contributed by atoms with E-state index in [1.165, 1.54) is 34.6 Å². The summed E-state index contributed by atoms with van der Waals surface area (Å²) in [6.07, 6.45) is 0. The number of halogens is 2. The van der Waals surface area contributed by atoms with Crippen LogP contribution in [-0.4, -0.2) is 50.9 Å². The zero-order valence-electron chi connectivity index (χ0n) is 14.9. The Balaban J connectivity index is 1.93. The van der Waals surface area contributed by atoms with E-state index in [9.17, 15) is 23.1 Å². The van der Waals surface area contributed by atoms with Gasteiger partial charge >= 0.3 is 0 Å². The molecule has 1 fully saturated rings. The number of carboxylic acids is 1. The van der Waals surface area contributed by atoms with Crippen molar-refractivity contribution in [2.75, 3.05) is 31.6 Å². The molecule has 1 N–H and O–H groups in total. The molecular formula is C18H15Cl2N2O6S-. The van der Waals surface area contributed by atoms with Crippen molar-refractivity contribution in [2.45, 2.75) is 4.90 Å². The molecule has 0 aromatic heterocycles. The monoisotopic (exact) mass is 457 g/mol. The number of rotatable bonds is 5. The van der Waals surface area contributed by atoms with E-state index in [-0.39, 0.29) is 58.1 Å². The lowest BCUT2D eigenvalue weighted by molar-refractivity contribution is -0.255. The van der Waals surface area contributed by atoms with Gasteiger partial charge in [0.05, 0.1) is 34.8 Å². The van der Waals surface area contributed by atoms with E-state index in [0.29, 0.717) is 0 Å². The van der Waals surface area contributed by atoms with Gasteiger partial charge in [0.1, 0.15) is 4.90 Å². The van der Waals surface area contributed by atoms with Gasteiger partial charge in [0.2, 0.25) is 10.0 Å². The van der Waals surface area contributed by atoms with Crippen LogP contribution in [0.4, 0.5) is 5.69 Å². The molecule has 2 aromatic rings. The molecule has 1 heterocycles. The minimum atomic E-state index is -3.96. The first-order chi connectivity index (χ1) is 13.7. The smallest absolute Gasteiger partial charge is 0.257 e. The molecule has 154 valence electrons. The lowest BCUT2D eigenvalue weighted by Gasteiger charge is -2.26. The number of aromatic carboxylic acids is 1. The highest BCUT2D eigenvalue weighted by Crippen LogP contribution is 2.31. The van der Waals surface area contributed by atoms with Gasteiger partial charge in [0, 0.05) is 18.8 Å². The molecule has 0 aliphatic carbocycles. The third-order valence-electron chi connectivity index (χ3n) is 4.21. The Labute approximate surface area is 177 Å². The van der Waals surface area contributed by atoms with Crippen molar-refractivity contribution in [3.63, 3.8) is 0 Å². The number of anilines is 1. The number of carbonyl (C=O) groups excluding carboxylic acids is 2. The molecule has 1 saturated heterocycles. The van der Waals surface area contributed by atoms with Crippen LogP contribution in [-0.2, 0) is 14.8 Å². The predicted octanol–water partition coefficient (Wildman–Crippen LogP) is 1.63. The van der Waals surface area contributed by atoms with Crippen LogP contribution in [0.2, 0.25) is 10.0 Å². The van der Waals surface area contributed by atoms with Gasteiger partial charge in [-0.15, -0.1) is 0 Å². The van der Waals surface area contributed by atoms with E-state index in [4.69, 9.17) is 27.9 Å². The quantitative estimate of drug-likeness (QED) is 0.728. The van der Waals surface area contributed by atoms with E-state index in [1.54, 1.807) is 0 Å². The van der Waals surface area contributed by atoms with Gasteiger partial charge in [0.15, 0.2) is 0 Å². The van der Waals surface area contributed by atoms with Gasteiger partial charge in [-0.05, 0) is 29.8 Å². The molecule has 0 atom stereocenters. The zero-order valence-corrected chi connectivity index (χ0v) is 17.2. The maximum atomic E-state index is 12.9. The highest BCUT2D eigenvalue weighted by molar-refractivity contribution is 7.89. The molecule has 2 aromatic carbocycles. The summed E-state index contributed by atoms with van der Waals surface area (Å²) >= 11 is 12.2. The highest BCUT2D eigenvalue weighted by atomic mass is 35.5. The SMILES string of the molecule is O=C([O-])c1cccc(NC(=O)c2cc(S(=O)(=O)N3CCOCC3)c(Cl)cc2Cl)c1. The Morgan fingerprint density at radius 1 is 1.07 bits per heavy atom. The standard InChI is InChI=1S/C18H16Cl2N2O6S/c19-14-10-15(20)16(29(26,27)22-4-6-28-7-5-22)9-13(14)17(23)21-12-3-1-2-11(8-12)18(24)25/h1-3,8-10H,4-7H2,(H,21,23)(H,24,25)/p-1. The Hall–Kier alpha value is -2.17. The molecular weight excluding hydrogens is 443 g/mol. The van der Waals surface area contributed by atoms with Gasteiger partial charge in [-0.3, -0.25) is 4.79 Å². The van der Waals surface area contributed by atoms with Crippen LogP contribution >= 0.6 is 23.2 Å². The average molecular weight is 458 g/mol.